The van der Waals surface area contributed by atoms with E-state index >= 15 is 0 Å². The van der Waals surface area contributed by atoms with Crippen molar-refractivity contribution in [3.05, 3.63) is 0 Å². The molecule has 1 spiro atoms. The molecule has 1 saturated carbocycles. The molecule has 1 aliphatic carbocycles. The normalized spacial score (nSPS) is 32.9. The summed E-state index contributed by atoms with van der Waals surface area (Å²) in [4.78, 5) is 19.2. The molecule has 1 heterocycles. The molecule has 0 aromatic heterocycles. The molecule has 1 aliphatic heterocycles. The third-order valence-corrected chi connectivity index (χ3v) is 1.39. The first-order chi connectivity index (χ1) is 3.33. The van der Waals surface area contributed by atoms with E-state index in [0.717, 1.165) is 6.42 Å². The molecule has 2 fully saturated rings. The van der Waals surface area contributed by atoms with Crippen LogP contribution in [0.1, 0.15) is 12.8 Å². The minimum atomic E-state index is -0.708. The van der Waals surface area contributed by atoms with Crippen LogP contribution in [-0.2, 0) is 14.6 Å². The predicted octanol–water partition coefficient (Wildman–Crippen LogP) is 0.00740. The third-order valence-electron chi connectivity index (χ3n) is 1.39. The zero-order valence-electron chi connectivity index (χ0n) is 3.64. The summed E-state index contributed by atoms with van der Waals surface area (Å²) >= 11 is 0. The average molecular weight is 100 g/mol. The highest BCUT2D eigenvalue weighted by Crippen LogP contribution is 2.44. The molecular formula is C4H4O3. The van der Waals surface area contributed by atoms with Gasteiger partial charge in [0, 0.05) is 12.8 Å². The van der Waals surface area contributed by atoms with Crippen LogP contribution in [-0.4, -0.2) is 11.6 Å². The molecule has 0 unspecified atom stereocenters. The van der Waals surface area contributed by atoms with Gasteiger partial charge in [-0.25, -0.2) is 0 Å². The van der Waals surface area contributed by atoms with E-state index in [0.29, 0.717) is 6.42 Å². The monoisotopic (exact) mass is 100 g/mol. The van der Waals surface area contributed by atoms with Crippen LogP contribution in [0.5, 0.6) is 0 Å². The molecule has 0 aromatic rings. The maximum atomic E-state index is 10.4. The third kappa shape index (κ3) is 0.262. The fourth-order valence-corrected chi connectivity index (χ4v) is 0.658. The largest absolute Gasteiger partial charge is 0.293 e. The predicted molar refractivity (Wildman–Crippen MR) is 19.1 cm³/mol. The zero-order chi connectivity index (χ0) is 4.91. The molecule has 0 N–H and O–H groups in total. The molecule has 1 saturated heterocycles. The molecular weight excluding hydrogens is 96.0 g/mol. The van der Waals surface area contributed by atoms with E-state index in [2.05, 4.69) is 9.78 Å². The number of rotatable bonds is 0. The second-order valence-corrected chi connectivity index (χ2v) is 1.84. The quantitative estimate of drug-likeness (QED) is 0.318. The van der Waals surface area contributed by atoms with Gasteiger partial charge in [-0.1, -0.05) is 0 Å². The number of Topliss-reactive ketones (excluding diaryl/α,β-unsaturated/α-hetero) is 1. The number of hydrogen-bond donors (Lipinski definition) is 0. The summed E-state index contributed by atoms with van der Waals surface area (Å²) < 4.78 is 0. The first kappa shape index (κ1) is 3.57. The molecule has 38 valence electrons. The van der Waals surface area contributed by atoms with Gasteiger partial charge in [-0.05, 0) is 0 Å². The summed E-state index contributed by atoms with van der Waals surface area (Å²) in [7, 11) is 0. The van der Waals surface area contributed by atoms with E-state index in [1.54, 1.807) is 0 Å². The molecule has 0 amide bonds. The Bertz CT molecular complexity index is 125. The second kappa shape index (κ2) is 0.743. The summed E-state index contributed by atoms with van der Waals surface area (Å²) in [6.07, 6.45) is 1.38. The van der Waals surface area contributed by atoms with Crippen LogP contribution in [0.2, 0.25) is 0 Å². The minimum Gasteiger partial charge on any atom is -0.293 e. The molecule has 3 heteroatoms. The lowest BCUT2D eigenvalue weighted by Gasteiger charge is -2.12. The number of carbonyl (C=O) groups excluding carboxylic acids is 1. The summed E-state index contributed by atoms with van der Waals surface area (Å²) in [5.41, 5.74) is 0. The summed E-state index contributed by atoms with van der Waals surface area (Å²) in [5.74, 6) is -0.618. The molecule has 2 aliphatic rings. The molecule has 2 rings (SSSR count). The van der Waals surface area contributed by atoms with E-state index in [1.807, 2.05) is 0 Å². The van der Waals surface area contributed by atoms with Crippen molar-refractivity contribution < 1.29 is 14.6 Å². The minimum absolute atomic E-state index is 0.0903. The van der Waals surface area contributed by atoms with Crippen LogP contribution < -0.4 is 0 Å². The fraction of sp³-hybridized carbons (Fsp3) is 0.750. The van der Waals surface area contributed by atoms with E-state index < -0.39 is 5.79 Å². The van der Waals surface area contributed by atoms with Crippen molar-refractivity contribution in [3.63, 3.8) is 0 Å². The van der Waals surface area contributed by atoms with Crippen molar-refractivity contribution in [2.75, 3.05) is 0 Å². The Morgan fingerprint density at radius 2 is 2.29 bits per heavy atom. The molecule has 3 nitrogen and oxygen atoms in total. The summed E-state index contributed by atoms with van der Waals surface area (Å²) in [6, 6.07) is 0. The van der Waals surface area contributed by atoms with Crippen molar-refractivity contribution >= 4 is 5.78 Å². The smallest absolute Gasteiger partial charge is 0.291 e. The number of ketones is 1. The Hall–Kier alpha value is -0.410. The van der Waals surface area contributed by atoms with E-state index in [9.17, 15) is 4.79 Å². The Morgan fingerprint density at radius 3 is 2.29 bits per heavy atom. The SMILES string of the molecule is O=C1CCC12OO2. The molecule has 0 bridgehead atoms. The topological polar surface area (TPSA) is 42.1 Å². The van der Waals surface area contributed by atoms with Crippen molar-refractivity contribution in [2.45, 2.75) is 18.6 Å². The van der Waals surface area contributed by atoms with Crippen LogP contribution in [0.4, 0.5) is 0 Å². The first-order valence-electron chi connectivity index (χ1n) is 2.24. The lowest BCUT2D eigenvalue weighted by atomic mass is 9.91. The second-order valence-electron chi connectivity index (χ2n) is 1.84. The van der Waals surface area contributed by atoms with Gasteiger partial charge in [0.05, 0.1) is 0 Å². The summed E-state index contributed by atoms with van der Waals surface area (Å²) in [5, 5.41) is 0. The Balaban J connectivity index is 2.23. The van der Waals surface area contributed by atoms with Crippen LogP contribution in [0, 0.1) is 0 Å². The lowest BCUT2D eigenvalue weighted by molar-refractivity contribution is -0.132. The van der Waals surface area contributed by atoms with Gasteiger partial charge in [0.2, 0.25) is 0 Å². The van der Waals surface area contributed by atoms with Gasteiger partial charge in [-0.3, -0.25) is 4.79 Å². The Morgan fingerprint density at radius 1 is 1.57 bits per heavy atom. The van der Waals surface area contributed by atoms with Gasteiger partial charge in [-0.15, -0.1) is 0 Å². The van der Waals surface area contributed by atoms with Crippen LogP contribution >= 0.6 is 0 Å². The summed E-state index contributed by atoms with van der Waals surface area (Å²) in [6.45, 7) is 0. The number of hydrogen-bond acceptors (Lipinski definition) is 3. The van der Waals surface area contributed by atoms with Gasteiger partial charge >= 0.3 is 0 Å². The van der Waals surface area contributed by atoms with Crippen molar-refractivity contribution in [3.8, 4) is 0 Å². The van der Waals surface area contributed by atoms with E-state index in [4.69, 9.17) is 0 Å². The highest BCUT2D eigenvalue weighted by Gasteiger charge is 2.62. The van der Waals surface area contributed by atoms with Gasteiger partial charge in [0.25, 0.3) is 5.79 Å². The number of carbonyl (C=O) groups is 1. The molecule has 7 heavy (non-hydrogen) atoms. The lowest BCUT2D eigenvalue weighted by Crippen LogP contribution is -2.34. The van der Waals surface area contributed by atoms with Crippen LogP contribution in [0.15, 0.2) is 0 Å². The van der Waals surface area contributed by atoms with Gasteiger partial charge in [0.15, 0.2) is 5.78 Å². The van der Waals surface area contributed by atoms with Crippen LogP contribution in [0.25, 0.3) is 0 Å². The molecule has 0 radical (unpaired) electrons. The Kier molecular flexibility index (Phi) is 0.379. The van der Waals surface area contributed by atoms with Crippen molar-refractivity contribution in [1.82, 2.24) is 0 Å². The van der Waals surface area contributed by atoms with Crippen molar-refractivity contribution in [2.24, 2.45) is 0 Å². The molecule has 0 aromatic carbocycles. The Labute approximate surface area is 40.1 Å². The van der Waals surface area contributed by atoms with Gasteiger partial charge in [0.1, 0.15) is 0 Å². The highest BCUT2D eigenvalue weighted by molar-refractivity contribution is 5.92. The van der Waals surface area contributed by atoms with E-state index in [1.165, 1.54) is 0 Å². The van der Waals surface area contributed by atoms with Gasteiger partial charge in [-0.2, -0.15) is 9.78 Å². The van der Waals surface area contributed by atoms with Gasteiger partial charge < -0.3 is 0 Å². The highest BCUT2D eigenvalue weighted by atomic mass is 17.4. The maximum absolute atomic E-state index is 10.4. The molecule has 0 atom stereocenters. The average Bonchev–Trinajstić information content (AvgIpc) is 2.40. The van der Waals surface area contributed by atoms with E-state index in [-0.39, 0.29) is 5.78 Å². The maximum Gasteiger partial charge on any atom is 0.291 e. The first-order valence-corrected chi connectivity index (χ1v) is 2.24. The van der Waals surface area contributed by atoms with Crippen LogP contribution in [0.3, 0.4) is 0 Å². The standard InChI is InChI=1S/C4H4O3/c5-3-1-2-4(3)6-7-4/h1-2H2. The fourth-order valence-electron chi connectivity index (χ4n) is 0.658. The van der Waals surface area contributed by atoms with Crippen molar-refractivity contribution in [1.29, 1.82) is 0 Å². The zero-order valence-corrected chi connectivity index (χ0v) is 3.64.